The maximum absolute atomic E-state index is 4.33. The molecule has 0 fully saturated rings. The maximum Gasteiger partial charge on any atom is 0.0496 e. The third-order valence-corrected chi connectivity index (χ3v) is 5.78. The highest BCUT2D eigenvalue weighted by atomic mass is 79.9. The van der Waals surface area contributed by atoms with E-state index in [0.717, 1.165) is 9.99 Å². The Balaban J connectivity index is 2.02. The molecule has 24 heavy (non-hydrogen) atoms. The van der Waals surface area contributed by atoms with Crippen LogP contribution in [0.5, 0.6) is 0 Å². The van der Waals surface area contributed by atoms with E-state index in [1.165, 1.54) is 48.6 Å². The first-order chi connectivity index (χ1) is 11.8. The van der Waals surface area contributed by atoms with Gasteiger partial charge in [0.05, 0.1) is 0 Å². The summed E-state index contributed by atoms with van der Waals surface area (Å²) in [6.45, 7) is 0. The van der Waals surface area contributed by atoms with Crippen LogP contribution < -0.4 is 0 Å². The van der Waals surface area contributed by atoms with Crippen LogP contribution in [0.15, 0.2) is 65.4 Å². The molecule has 0 aliphatic carbocycles. The van der Waals surface area contributed by atoms with Crippen LogP contribution in [0.1, 0.15) is 0 Å². The molecule has 0 radical (unpaired) electrons. The molecule has 0 saturated carbocycles. The van der Waals surface area contributed by atoms with E-state index in [0.29, 0.717) is 0 Å². The first-order valence-electron chi connectivity index (χ1n) is 7.93. The number of nitrogens with zero attached hydrogens (tertiary/aromatic N) is 1. The van der Waals surface area contributed by atoms with Crippen LogP contribution >= 0.6 is 15.9 Å². The molecule has 0 spiro atoms. The van der Waals surface area contributed by atoms with Crippen LogP contribution in [0.25, 0.3) is 54.1 Å². The minimum Gasteiger partial charge on any atom is -0.354 e. The van der Waals surface area contributed by atoms with Gasteiger partial charge in [-0.2, -0.15) is 0 Å². The first-order valence-corrected chi connectivity index (χ1v) is 8.72. The monoisotopic (exact) mass is 370 g/mol. The van der Waals surface area contributed by atoms with Crippen molar-refractivity contribution in [3.05, 3.63) is 65.4 Å². The lowest BCUT2D eigenvalue weighted by atomic mass is 9.92. The van der Waals surface area contributed by atoms with Crippen molar-refractivity contribution >= 4 is 70.1 Å². The molecule has 0 bridgehead atoms. The Morgan fingerprint density at radius 2 is 1.50 bits per heavy atom. The Kier molecular flexibility index (Phi) is 2.25. The second kappa shape index (κ2) is 4.25. The van der Waals surface area contributed by atoms with E-state index in [1.54, 1.807) is 0 Å². The molecule has 0 saturated heterocycles. The Labute approximate surface area is 145 Å². The summed E-state index contributed by atoms with van der Waals surface area (Å²) in [7, 11) is 0. The Bertz CT molecular complexity index is 1410. The number of fused-ring (bicyclic) bond motifs is 4. The minimum absolute atomic E-state index is 1.14. The van der Waals surface area contributed by atoms with Crippen molar-refractivity contribution < 1.29 is 0 Å². The molecular weight excluding hydrogens is 360 g/mol. The number of halogens is 1. The highest BCUT2D eigenvalue weighted by Crippen LogP contribution is 2.42. The van der Waals surface area contributed by atoms with E-state index in [4.69, 9.17) is 0 Å². The van der Waals surface area contributed by atoms with E-state index < -0.39 is 0 Å². The molecule has 112 valence electrons. The van der Waals surface area contributed by atoms with E-state index in [9.17, 15) is 0 Å². The standard InChI is InChI=1S/C21H11BrN2/c22-16-6-3-11-1-5-14-20-12(2-4-13(16)19(11)20)9-18-21(14)15-10-23-8-7-17(15)24-18/h1-10,24H. The average Bonchev–Trinajstić information content (AvgIpc) is 2.99. The van der Waals surface area contributed by atoms with E-state index in [-0.39, 0.29) is 0 Å². The molecular formula is C21H11BrN2. The van der Waals surface area contributed by atoms with Crippen molar-refractivity contribution in [3.8, 4) is 0 Å². The highest BCUT2D eigenvalue weighted by molar-refractivity contribution is 9.10. The molecule has 2 aromatic heterocycles. The number of benzene rings is 4. The van der Waals surface area contributed by atoms with Gasteiger partial charge >= 0.3 is 0 Å². The second-order valence-corrected chi connectivity index (χ2v) is 7.17. The number of aromatic nitrogens is 2. The first kappa shape index (κ1) is 12.7. The van der Waals surface area contributed by atoms with Gasteiger partial charge in [0.25, 0.3) is 0 Å². The van der Waals surface area contributed by atoms with Gasteiger partial charge in [-0.15, -0.1) is 0 Å². The summed E-state index contributed by atoms with van der Waals surface area (Å²) in [5, 5.41) is 10.2. The number of hydrogen-bond donors (Lipinski definition) is 1. The molecule has 1 N–H and O–H groups in total. The van der Waals surface area contributed by atoms with Crippen molar-refractivity contribution in [1.82, 2.24) is 9.97 Å². The average molecular weight is 371 g/mol. The summed E-state index contributed by atoms with van der Waals surface area (Å²) in [6.07, 6.45) is 3.80. The summed E-state index contributed by atoms with van der Waals surface area (Å²) in [5.74, 6) is 0. The molecule has 0 aliphatic heterocycles. The molecule has 0 atom stereocenters. The maximum atomic E-state index is 4.33. The van der Waals surface area contributed by atoms with Crippen LogP contribution in [0.4, 0.5) is 0 Å². The summed E-state index contributed by atoms with van der Waals surface area (Å²) in [5.41, 5.74) is 2.30. The van der Waals surface area contributed by atoms with Crippen LogP contribution in [-0.4, -0.2) is 9.97 Å². The summed E-state index contributed by atoms with van der Waals surface area (Å²) in [6, 6.07) is 17.5. The highest BCUT2D eigenvalue weighted by Gasteiger charge is 2.15. The van der Waals surface area contributed by atoms with Gasteiger partial charge in [-0.1, -0.05) is 46.3 Å². The molecule has 0 aliphatic rings. The van der Waals surface area contributed by atoms with Gasteiger partial charge in [0, 0.05) is 38.7 Å². The smallest absolute Gasteiger partial charge is 0.0496 e. The fourth-order valence-corrected chi connectivity index (χ4v) is 4.54. The number of pyridine rings is 1. The quantitative estimate of drug-likeness (QED) is 0.309. The molecule has 2 heterocycles. The molecule has 6 rings (SSSR count). The predicted octanol–water partition coefficient (Wildman–Crippen LogP) is 6.38. The number of hydrogen-bond acceptors (Lipinski definition) is 1. The zero-order valence-corrected chi connectivity index (χ0v) is 14.2. The number of aromatic amines is 1. The number of H-pyrrole nitrogens is 1. The Morgan fingerprint density at radius 3 is 2.46 bits per heavy atom. The van der Waals surface area contributed by atoms with Gasteiger partial charge in [-0.25, -0.2) is 0 Å². The van der Waals surface area contributed by atoms with Crippen LogP contribution in [-0.2, 0) is 0 Å². The van der Waals surface area contributed by atoms with E-state index in [1.807, 2.05) is 18.5 Å². The van der Waals surface area contributed by atoms with E-state index in [2.05, 4.69) is 68.4 Å². The largest absolute Gasteiger partial charge is 0.354 e. The fraction of sp³-hybridized carbons (Fsp3) is 0. The van der Waals surface area contributed by atoms with Crippen LogP contribution in [0.2, 0.25) is 0 Å². The lowest BCUT2D eigenvalue weighted by Gasteiger charge is -2.12. The van der Waals surface area contributed by atoms with Crippen LogP contribution in [0.3, 0.4) is 0 Å². The zero-order valence-electron chi connectivity index (χ0n) is 12.6. The molecule has 0 amide bonds. The Morgan fingerprint density at radius 1 is 0.708 bits per heavy atom. The molecule has 3 heteroatoms. The van der Waals surface area contributed by atoms with Crippen molar-refractivity contribution in [2.45, 2.75) is 0 Å². The van der Waals surface area contributed by atoms with E-state index >= 15 is 0 Å². The molecule has 0 unspecified atom stereocenters. The van der Waals surface area contributed by atoms with Gasteiger partial charge in [0.2, 0.25) is 0 Å². The van der Waals surface area contributed by atoms with Crippen molar-refractivity contribution in [1.29, 1.82) is 0 Å². The van der Waals surface area contributed by atoms with Gasteiger partial charge in [0.15, 0.2) is 0 Å². The summed E-state index contributed by atoms with van der Waals surface area (Å²) in [4.78, 5) is 7.87. The van der Waals surface area contributed by atoms with Crippen LogP contribution in [0, 0.1) is 0 Å². The van der Waals surface area contributed by atoms with Gasteiger partial charge < -0.3 is 4.98 Å². The normalized spacial score (nSPS) is 12.4. The lowest BCUT2D eigenvalue weighted by molar-refractivity contribution is 1.36. The molecule has 2 nitrogen and oxygen atoms in total. The fourth-order valence-electron chi connectivity index (χ4n) is 4.08. The van der Waals surface area contributed by atoms with Crippen molar-refractivity contribution in [2.24, 2.45) is 0 Å². The van der Waals surface area contributed by atoms with Gasteiger partial charge in [-0.05, 0) is 50.5 Å². The third kappa shape index (κ3) is 1.44. The molecule has 6 aromatic rings. The van der Waals surface area contributed by atoms with Gasteiger partial charge in [-0.3, -0.25) is 4.98 Å². The SMILES string of the molecule is Brc1ccc2ccc3c4c(cc5ccc1c2c53)[nH]c1ccncc14. The summed E-state index contributed by atoms with van der Waals surface area (Å²) < 4.78 is 1.14. The number of rotatable bonds is 0. The predicted molar refractivity (Wildman–Crippen MR) is 105 cm³/mol. The second-order valence-electron chi connectivity index (χ2n) is 6.32. The lowest BCUT2D eigenvalue weighted by Crippen LogP contribution is -1.85. The zero-order chi connectivity index (χ0) is 15.8. The van der Waals surface area contributed by atoms with Gasteiger partial charge in [0.1, 0.15) is 0 Å². The minimum atomic E-state index is 1.14. The summed E-state index contributed by atoms with van der Waals surface area (Å²) >= 11 is 3.71. The van der Waals surface area contributed by atoms with Crippen molar-refractivity contribution in [2.75, 3.05) is 0 Å². The van der Waals surface area contributed by atoms with Crippen molar-refractivity contribution in [3.63, 3.8) is 0 Å². The number of nitrogens with one attached hydrogen (secondary N) is 1. The topological polar surface area (TPSA) is 28.7 Å². The molecule has 4 aromatic carbocycles. The Hall–Kier alpha value is -2.65. The third-order valence-electron chi connectivity index (χ3n) is 5.09.